The molecule has 0 heterocycles. The molecule has 0 aliphatic rings. The van der Waals surface area contributed by atoms with Crippen molar-refractivity contribution in [3.63, 3.8) is 0 Å². The van der Waals surface area contributed by atoms with E-state index in [-0.39, 0.29) is 6.42 Å². The van der Waals surface area contributed by atoms with Crippen LogP contribution in [0, 0.1) is 22.1 Å². The molecule has 0 aliphatic heterocycles. The van der Waals surface area contributed by atoms with E-state index >= 15 is 0 Å². The zero-order valence-corrected chi connectivity index (χ0v) is 4.03. The first-order valence-corrected chi connectivity index (χ1v) is 1.62. The molecule has 0 rings (SSSR count). The van der Waals surface area contributed by atoms with Crippen molar-refractivity contribution in [3.8, 4) is 6.07 Å². The molecule has 5 nitrogen and oxygen atoms in total. The molecule has 0 aromatic heterocycles. The van der Waals surface area contributed by atoms with Crippen LogP contribution in [0.2, 0.25) is 0 Å². The largest absolute Gasteiger partial charge is 0.369 e. The summed E-state index contributed by atoms with van der Waals surface area (Å²) in [5.41, 5.74) is 4.54. The number of nitriles is 1. The third-order valence-corrected chi connectivity index (χ3v) is 0.253. The van der Waals surface area contributed by atoms with Crippen LogP contribution in [0.1, 0.15) is 6.42 Å². The number of carbonyl (C=O) groups excluding carboxylic acids is 1. The highest BCUT2D eigenvalue weighted by atomic mass is 16.1. The maximum absolute atomic E-state index is 9.60. The second kappa shape index (κ2) is 9.03. The third kappa shape index (κ3) is 26.3. The Hall–Kier alpha value is -1.62. The van der Waals surface area contributed by atoms with E-state index in [1.807, 2.05) is 0 Å². The van der Waals surface area contributed by atoms with Crippen molar-refractivity contribution in [1.29, 1.82) is 16.0 Å². The van der Waals surface area contributed by atoms with Crippen molar-refractivity contribution in [2.75, 3.05) is 0 Å². The van der Waals surface area contributed by atoms with Crippen LogP contribution in [0.4, 0.5) is 0 Å². The van der Waals surface area contributed by atoms with Gasteiger partial charge in [-0.25, -0.2) is 0 Å². The van der Waals surface area contributed by atoms with Gasteiger partial charge in [0.2, 0.25) is 5.91 Å². The number of nitrogens with two attached hydrogens (primary N) is 1. The quantitative estimate of drug-likeness (QED) is 0.456. The number of rotatable bonds is 1. The van der Waals surface area contributed by atoms with Gasteiger partial charge in [0.1, 0.15) is 6.42 Å². The fourth-order valence-corrected chi connectivity index (χ4v) is 0.0779. The molecule has 0 radical (unpaired) electrons. The van der Waals surface area contributed by atoms with Gasteiger partial charge in [0.05, 0.1) is 6.07 Å². The Morgan fingerprint density at radius 2 is 2.00 bits per heavy atom. The molecule has 0 fully saturated rings. The van der Waals surface area contributed by atoms with Gasteiger partial charge in [-0.2, -0.15) is 5.26 Å². The van der Waals surface area contributed by atoms with Crippen LogP contribution in [0.25, 0.3) is 0 Å². The van der Waals surface area contributed by atoms with Gasteiger partial charge in [-0.3, -0.25) is 4.79 Å². The van der Waals surface area contributed by atoms with Crippen LogP contribution in [0.3, 0.4) is 0 Å². The topological polar surface area (TPSA) is 114 Å². The van der Waals surface area contributed by atoms with E-state index in [9.17, 15) is 4.79 Å². The summed E-state index contributed by atoms with van der Waals surface area (Å²) in [6.07, 6.45) is -0.181. The molecular formula is C3H4N4O. The van der Waals surface area contributed by atoms with Gasteiger partial charge in [0, 0.05) is 10.8 Å². The van der Waals surface area contributed by atoms with Crippen LogP contribution < -0.4 is 5.73 Å². The van der Waals surface area contributed by atoms with Crippen molar-refractivity contribution < 1.29 is 4.79 Å². The predicted molar refractivity (Wildman–Crippen MR) is 22.9 cm³/mol. The molecule has 8 heavy (non-hydrogen) atoms. The van der Waals surface area contributed by atoms with Gasteiger partial charge < -0.3 is 5.73 Å². The van der Waals surface area contributed by atoms with E-state index in [1.54, 1.807) is 6.07 Å². The Morgan fingerprint density at radius 3 is 2.00 bits per heavy atom. The summed E-state index contributed by atoms with van der Waals surface area (Å²) in [5.74, 6) is -0.572. The van der Waals surface area contributed by atoms with Gasteiger partial charge in [0.15, 0.2) is 0 Å². The lowest BCUT2D eigenvalue weighted by Crippen LogP contribution is -2.07. The molecule has 0 atom stereocenters. The summed E-state index contributed by atoms with van der Waals surface area (Å²) in [6, 6.07) is 1.59. The number of primary amides is 1. The lowest BCUT2D eigenvalue weighted by Gasteiger charge is -1.71. The zero-order valence-electron chi connectivity index (χ0n) is 4.03. The fourth-order valence-electron chi connectivity index (χ4n) is 0.0779. The minimum Gasteiger partial charge on any atom is -0.369 e. The lowest BCUT2D eigenvalue weighted by atomic mass is 10.5. The average Bonchev–Trinajstić information content (AvgIpc) is 1.72. The molecule has 0 saturated carbocycles. The first-order valence-electron chi connectivity index (χ1n) is 1.62. The standard InChI is InChI=1S/C3H4N2O.N2/c4-2-1-3(5)6;1-2/h1H2,(H2,5,6);. The minimum absolute atomic E-state index is 0.181. The zero-order chi connectivity index (χ0) is 6.99. The van der Waals surface area contributed by atoms with E-state index < -0.39 is 5.91 Å². The van der Waals surface area contributed by atoms with Crippen molar-refractivity contribution in [2.45, 2.75) is 6.42 Å². The van der Waals surface area contributed by atoms with Crippen LogP contribution in [0.15, 0.2) is 0 Å². The Kier molecular flexibility index (Phi) is 10.9. The number of hydrogen-bond donors (Lipinski definition) is 1. The van der Waals surface area contributed by atoms with Crippen LogP contribution in [-0.4, -0.2) is 5.91 Å². The molecule has 0 bridgehead atoms. The highest BCUT2D eigenvalue weighted by molar-refractivity contribution is 5.75. The normalized spacial score (nSPS) is 5.12. The van der Waals surface area contributed by atoms with E-state index in [4.69, 9.17) is 16.0 Å². The van der Waals surface area contributed by atoms with Gasteiger partial charge in [0.25, 0.3) is 0 Å². The van der Waals surface area contributed by atoms with Crippen molar-refractivity contribution in [1.82, 2.24) is 0 Å². The Balaban J connectivity index is 0. The number of carbonyl (C=O) groups is 1. The van der Waals surface area contributed by atoms with E-state index in [2.05, 4.69) is 5.73 Å². The van der Waals surface area contributed by atoms with Gasteiger partial charge >= 0.3 is 0 Å². The van der Waals surface area contributed by atoms with Gasteiger partial charge in [-0.1, -0.05) is 0 Å². The Labute approximate surface area is 46.1 Å². The third-order valence-electron chi connectivity index (χ3n) is 0.253. The predicted octanol–water partition coefficient (Wildman–Crippen LogP) is -0.584. The molecule has 0 saturated heterocycles. The molecule has 42 valence electrons. The summed E-state index contributed by atoms with van der Waals surface area (Å²) < 4.78 is 0. The average molecular weight is 112 g/mol. The summed E-state index contributed by atoms with van der Waals surface area (Å²) >= 11 is 0. The molecule has 1 amide bonds. The van der Waals surface area contributed by atoms with Crippen LogP contribution in [0.5, 0.6) is 0 Å². The van der Waals surface area contributed by atoms with E-state index in [1.165, 1.54) is 0 Å². The molecular weight excluding hydrogens is 108 g/mol. The molecule has 2 N–H and O–H groups in total. The lowest BCUT2D eigenvalue weighted by molar-refractivity contribution is -0.117. The van der Waals surface area contributed by atoms with E-state index in [0.29, 0.717) is 0 Å². The fraction of sp³-hybridized carbons (Fsp3) is 0.333. The summed E-state index contributed by atoms with van der Waals surface area (Å²) in [4.78, 5) is 9.60. The monoisotopic (exact) mass is 112 g/mol. The summed E-state index contributed by atoms with van der Waals surface area (Å²) in [6.45, 7) is 0. The highest BCUT2D eigenvalue weighted by Gasteiger charge is 1.84. The highest BCUT2D eigenvalue weighted by Crippen LogP contribution is 1.64. The molecule has 5 heteroatoms. The maximum atomic E-state index is 9.60. The van der Waals surface area contributed by atoms with Crippen LogP contribution >= 0.6 is 0 Å². The second-order valence-corrected chi connectivity index (χ2v) is 0.801. The summed E-state index contributed by atoms with van der Waals surface area (Å²) in [7, 11) is 0. The molecule has 0 unspecified atom stereocenters. The molecule has 0 aromatic rings. The van der Waals surface area contributed by atoms with Crippen molar-refractivity contribution in [3.05, 3.63) is 0 Å². The first kappa shape index (κ1) is 9.63. The van der Waals surface area contributed by atoms with Gasteiger partial charge in [-0.15, -0.1) is 0 Å². The SMILES string of the molecule is N#CCC(N)=O.N#N. The molecule has 0 aromatic carbocycles. The number of amides is 1. The molecule has 0 spiro atoms. The van der Waals surface area contributed by atoms with Gasteiger partial charge in [-0.05, 0) is 0 Å². The van der Waals surface area contributed by atoms with Crippen LogP contribution in [-0.2, 0) is 4.79 Å². The van der Waals surface area contributed by atoms with Crippen molar-refractivity contribution >= 4 is 5.91 Å². The maximum Gasteiger partial charge on any atom is 0.231 e. The second-order valence-electron chi connectivity index (χ2n) is 0.801. The minimum atomic E-state index is -0.572. The number of hydrogen-bond acceptors (Lipinski definition) is 4. The molecule has 0 aliphatic carbocycles. The number of nitrogens with zero attached hydrogens (tertiary/aromatic N) is 3. The Morgan fingerprint density at radius 1 is 1.62 bits per heavy atom. The van der Waals surface area contributed by atoms with Crippen molar-refractivity contribution in [2.24, 2.45) is 5.73 Å². The smallest absolute Gasteiger partial charge is 0.231 e. The summed E-state index contributed by atoms with van der Waals surface area (Å²) in [5, 5.41) is 19.7. The first-order chi connectivity index (χ1) is 3.77. The Bertz CT molecular complexity index is 121. The van der Waals surface area contributed by atoms with E-state index in [0.717, 1.165) is 0 Å².